The number of nitrogens with one attached hydrogen (secondary N) is 1. The summed E-state index contributed by atoms with van der Waals surface area (Å²) in [5.74, 6) is -0.00639. The number of carbonyl (C=O) groups is 1. The molecule has 0 spiro atoms. The lowest BCUT2D eigenvalue weighted by Gasteiger charge is -2.32. The van der Waals surface area contributed by atoms with Gasteiger partial charge >= 0.3 is 0 Å². The van der Waals surface area contributed by atoms with Crippen molar-refractivity contribution in [1.29, 1.82) is 0 Å². The Morgan fingerprint density at radius 2 is 1.86 bits per heavy atom. The molecule has 1 saturated heterocycles. The third kappa shape index (κ3) is 4.71. The lowest BCUT2D eigenvalue weighted by Crippen LogP contribution is -2.44. The third-order valence-electron chi connectivity index (χ3n) is 5.42. The minimum Gasteiger partial charge on any atom is -0.349 e. The number of amides is 1. The molecule has 1 N–H and O–H groups in total. The van der Waals surface area contributed by atoms with Gasteiger partial charge in [-0.05, 0) is 69.2 Å². The monoisotopic (exact) mass is 389 g/mol. The summed E-state index contributed by atoms with van der Waals surface area (Å²) in [6, 6.07) is 15.9. The fraction of sp³-hybridized carbons (Fsp3) is 0.348. The highest BCUT2D eigenvalue weighted by Crippen LogP contribution is 2.16. The largest absolute Gasteiger partial charge is 0.349 e. The van der Waals surface area contributed by atoms with Crippen molar-refractivity contribution in [3.05, 3.63) is 77.4 Å². The Morgan fingerprint density at radius 1 is 1.10 bits per heavy atom. The molecule has 29 heavy (non-hydrogen) atoms. The highest BCUT2D eigenvalue weighted by atomic mass is 16.1. The van der Waals surface area contributed by atoms with E-state index in [0.717, 1.165) is 55.2 Å². The second-order valence-electron chi connectivity index (χ2n) is 7.73. The maximum absolute atomic E-state index is 12.6. The highest BCUT2D eigenvalue weighted by molar-refractivity contribution is 5.94. The quantitative estimate of drug-likeness (QED) is 0.727. The molecule has 0 bridgehead atoms. The van der Waals surface area contributed by atoms with E-state index in [-0.39, 0.29) is 11.9 Å². The molecular weight excluding hydrogens is 362 g/mol. The van der Waals surface area contributed by atoms with Crippen LogP contribution in [-0.2, 0) is 6.54 Å². The summed E-state index contributed by atoms with van der Waals surface area (Å²) in [6.07, 6.45) is 3.76. The maximum Gasteiger partial charge on any atom is 0.251 e. The summed E-state index contributed by atoms with van der Waals surface area (Å²) in [7, 11) is 0. The second-order valence-corrected chi connectivity index (χ2v) is 7.73. The smallest absolute Gasteiger partial charge is 0.251 e. The fourth-order valence-corrected chi connectivity index (χ4v) is 3.87. The van der Waals surface area contributed by atoms with Gasteiger partial charge in [0, 0.05) is 43.1 Å². The van der Waals surface area contributed by atoms with Gasteiger partial charge in [-0.25, -0.2) is 4.68 Å². The average molecular weight is 390 g/mol. The van der Waals surface area contributed by atoms with Crippen molar-refractivity contribution >= 4 is 5.91 Å². The molecule has 3 aromatic rings. The first kappa shape index (κ1) is 19.3. The van der Waals surface area contributed by atoms with Crippen molar-refractivity contribution in [3.8, 4) is 5.69 Å². The van der Waals surface area contributed by atoms with Gasteiger partial charge in [0.25, 0.3) is 5.91 Å². The minimum atomic E-state index is -0.00639. The zero-order valence-corrected chi connectivity index (χ0v) is 17.0. The molecule has 0 radical (unpaired) electrons. The molecule has 0 saturated carbocycles. The van der Waals surface area contributed by atoms with E-state index in [1.54, 1.807) is 0 Å². The molecule has 6 nitrogen and oxygen atoms in total. The van der Waals surface area contributed by atoms with Gasteiger partial charge in [0.15, 0.2) is 0 Å². The first-order chi connectivity index (χ1) is 14.1. The number of aryl methyl sites for hydroxylation is 2. The van der Waals surface area contributed by atoms with Crippen molar-refractivity contribution in [2.45, 2.75) is 39.3 Å². The molecule has 150 valence electrons. The maximum atomic E-state index is 12.6. The molecule has 6 heteroatoms. The lowest BCUT2D eigenvalue weighted by molar-refractivity contribution is 0.0908. The number of hydrogen-bond donors (Lipinski definition) is 1. The fourth-order valence-electron chi connectivity index (χ4n) is 3.87. The van der Waals surface area contributed by atoms with Gasteiger partial charge in [0.2, 0.25) is 0 Å². The molecule has 0 unspecified atom stereocenters. The number of pyridine rings is 1. The molecule has 0 atom stereocenters. The number of rotatable bonds is 5. The normalized spacial score (nSPS) is 15.4. The summed E-state index contributed by atoms with van der Waals surface area (Å²) in [6.45, 7) is 6.82. The van der Waals surface area contributed by atoms with E-state index in [2.05, 4.69) is 26.4 Å². The number of hydrogen-bond acceptors (Lipinski definition) is 4. The van der Waals surface area contributed by atoms with Crippen LogP contribution in [0.5, 0.6) is 0 Å². The van der Waals surface area contributed by atoms with Gasteiger partial charge in [0.05, 0.1) is 17.1 Å². The van der Waals surface area contributed by atoms with Gasteiger partial charge < -0.3 is 5.32 Å². The van der Waals surface area contributed by atoms with Gasteiger partial charge in [-0.3, -0.25) is 14.7 Å². The standard InChI is InChI=1S/C23H27N5O/c1-17-15-18(2)28(26-17)22-8-6-19(7-9-22)23(29)25-20-10-13-27(14-11-20)16-21-5-3-4-12-24-21/h3-9,12,15,20H,10-11,13-14,16H2,1-2H3,(H,25,29). The minimum absolute atomic E-state index is 0.00639. The first-order valence-electron chi connectivity index (χ1n) is 10.2. The Morgan fingerprint density at radius 3 is 2.48 bits per heavy atom. The van der Waals surface area contributed by atoms with Gasteiger partial charge in [-0.2, -0.15) is 5.10 Å². The van der Waals surface area contributed by atoms with Crippen LogP contribution in [0.4, 0.5) is 0 Å². The van der Waals surface area contributed by atoms with E-state index in [1.807, 2.05) is 67.2 Å². The SMILES string of the molecule is Cc1cc(C)n(-c2ccc(C(=O)NC3CCN(Cc4ccccn4)CC3)cc2)n1. The van der Waals surface area contributed by atoms with Crippen LogP contribution in [-0.4, -0.2) is 44.7 Å². The van der Waals surface area contributed by atoms with Crippen LogP contribution in [0.15, 0.2) is 54.7 Å². The Bertz CT molecular complexity index is 957. The Kier molecular flexibility index (Phi) is 5.71. The van der Waals surface area contributed by atoms with Crippen molar-refractivity contribution < 1.29 is 4.79 Å². The third-order valence-corrected chi connectivity index (χ3v) is 5.42. The predicted molar refractivity (Wildman–Crippen MR) is 113 cm³/mol. The summed E-state index contributed by atoms with van der Waals surface area (Å²) in [4.78, 5) is 19.4. The molecule has 4 rings (SSSR count). The van der Waals surface area contributed by atoms with Crippen LogP contribution in [0.3, 0.4) is 0 Å². The molecule has 1 amide bonds. The summed E-state index contributed by atoms with van der Waals surface area (Å²) < 4.78 is 1.90. The second kappa shape index (κ2) is 8.57. The van der Waals surface area contributed by atoms with E-state index < -0.39 is 0 Å². The topological polar surface area (TPSA) is 63.1 Å². The molecule has 1 fully saturated rings. The molecule has 1 aromatic carbocycles. The van der Waals surface area contributed by atoms with E-state index in [1.165, 1.54) is 0 Å². The van der Waals surface area contributed by atoms with E-state index >= 15 is 0 Å². The van der Waals surface area contributed by atoms with Crippen molar-refractivity contribution in [3.63, 3.8) is 0 Å². The Hall–Kier alpha value is -2.99. The Balaban J connectivity index is 1.30. The van der Waals surface area contributed by atoms with Gasteiger partial charge in [0.1, 0.15) is 0 Å². The van der Waals surface area contributed by atoms with Gasteiger partial charge in [-0.15, -0.1) is 0 Å². The van der Waals surface area contributed by atoms with Crippen LogP contribution in [0.25, 0.3) is 5.69 Å². The number of likely N-dealkylation sites (tertiary alicyclic amines) is 1. The van der Waals surface area contributed by atoms with E-state index in [0.29, 0.717) is 5.56 Å². The summed E-state index contributed by atoms with van der Waals surface area (Å²) in [5.41, 5.74) is 4.81. The number of aromatic nitrogens is 3. The predicted octanol–water partition coefficient (Wildman–Crippen LogP) is 3.28. The Labute approximate surface area is 171 Å². The number of benzene rings is 1. The van der Waals surface area contributed by atoms with Crippen molar-refractivity contribution in [1.82, 2.24) is 25.0 Å². The molecule has 1 aliphatic rings. The van der Waals surface area contributed by atoms with Crippen LogP contribution >= 0.6 is 0 Å². The summed E-state index contributed by atoms with van der Waals surface area (Å²) >= 11 is 0. The number of piperidine rings is 1. The van der Waals surface area contributed by atoms with Crippen molar-refractivity contribution in [2.75, 3.05) is 13.1 Å². The molecule has 0 aliphatic carbocycles. The van der Waals surface area contributed by atoms with E-state index in [4.69, 9.17) is 0 Å². The van der Waals surface area contributed by atoms with Crippen LogP contribution in [0.1, 0.15) is 40.3 Å². The number of nitrogens with zero attached hydrogens (tertiary/aromatic N) is 4. The molecule has 2 aromatic heterocycles. The van der Waals surface area contributed by atoms with Crippen molar-refractivity contribution in [2.24, 2.45) is 0 Å². The van der Waals surface area contributed by atoms with Gasteiger partial charge in [-0.1, -0.05) is 6.07 Å². The van der Waals surface area contributed by atoms with Crippen LogP contribution < -0.4 is 5.32 Å². The summed E-state index contributed by atoms with van der Waals surface area (Å²) in [5, 5.41) is 7.68. The van der Waals surface area contributed by atoms with Crippen LogP contribution in [0.2, 0.25) is 0 Å². The van der Waals surface area contributed by atoms with E-state index in [9.17, 15) is 4.79 Å². The molecule has 1 aliphatic heterocycles. The highest BCUT2D eigenvalue weighted by Gasteiger charge is 2.21. The zero-order valence-electron chi connectivity index (χ0n) is 17.0. The first-order valence-corrected chi connectivity index (χ1v) is 10.2. The zero-order chi connectivity index (χ0) is 20.2. The molecule has 3 heterocycles. The molecular formula is C23H27N5O. The lowest BCUT2D eigenvalue weighted by atomic mass is 10.0. The number of carbonyl (C=O) groups excluding carboxylic acids is 1. The van der Waals surface area contributed by atoms with Crippen LogP contribution in [0, 0.1) is 13.8 Å². The average Bonchev–Trinajstić information content (AvgIpc) is 3.08.